The molecule has 0 bridgehead atoms. The van der Waals surface area contributed by atoms with Gasteiger partial charge in [-0.15, -0.1) is 0 Å². The fourth-order valence-electron chi connectivity index (χ4n) is 2.16. The number of nitrogens with one attached hydrogen (secondary N) is 1. The van der Waals surface area contributed by atoms with Gasteiger partial charge in [0.2, 0.25) is 0 Å². The van der Waals surface area contributed by atoms with Crippen molar-refractivity contribution in [1.29, 1.82) is 0 Å². The summed E-state index contributed by atoms with van der Waals surface area (Å²) in [5.41, 5.74) is 0.863. The van der Waals surface area contributed by atoms with Gasteiger partial charge in [0, 0.05) is 26.1 Å². The number of amides is 2. The first-order valence-corrected chi connectivity index (χ1v) is 6.90. The van der Waals surface area contributed by atoms with E-state index in [9.17, 15) is 9.18 Å². The molecular formula is C14H18ClFN2O2. The molecule has 2 rings (SSSR count). The van der Waals surface area contributed by atoms with Crippen LogP contribution in [0, 0.1) is 18.7 Å². The summed E-state index contributed by atoms with van der Waals surface area (Å²) < 4.78 is 18.6. The third-order valence-electron chi connectivity index (χ3n) is 3.39. The van der Waals surface area contributed by atoms with Crippen molar-refractivity contribution >= 4 is 23.3 Å². The van der Waals surface area contributed by atoms with Gasteiger partial charge in [0.25, 0.3) is 0 Å². The van der Waals surface area contributed by atoms with Gasteiger partial charge >= 0.3 is 6.03 Å². The maximum Gasteiger partial charge on any atom is 0.321 e. The first-order chi connectivity index (χ1) is 9.47. The second-order valence-electron chi connectivity index (χ2n) is 5.12. The van der Waals surface area contributed by atoms with E-state index in [1.54, 1.807) is 18.9 Å². The molecule has 1 fully saturated rings. The van der Waals surface area contributed by atoms with Crippen LogP contribution in [0.2, 0.25) is 5.02 Å². The molecule has 20 heavy (non-hydrogen) atoms. The van der Waals surface area contributed by atoms with E-state index in [1.807, 2.05) is 0 Å². The summed E-state index contributed by atoms with van der Waals surface area (Å²) in [6.45, 7) is 3.70. The lowest BCUT2D eigenvalue weighted by atomic mass is 10.1. The van der Waals surface area contributed by atoms with Crippen LogP contribution >= 0.6 is 11.6 Å². The average Bonchev–Trinajstić information content (AvgIpc) is 2.88. The number of carbonyl (C=O) groups excluding carboxylic acids is 1. The molecule has 2 amide bonds. The number of ether oxygens (including phenoxy) is 1. The van der Waals surface area contributed by atoms with Gasteiger partial charge in [0.05, 0.1) is 17.3 Å². The molecule has 1 atom stereocenters. The maximum atomic E-state index is 13.3. The Morgan fingerprint density at radius 3 is 3.00 bits per heavy atom. The molecule has 1 aromatic rings. The third kappa shape index (κ3) is 3.61. The summed E-state index contributed by atoms with van der Waals surface area (Å²) in [5, 5.41) is 2.89. The largest absolute Gasteiger partial charge is 0.381 e. The molecule has 0 spiro atoms. The Morgan fingerprint density at radius 2 is 2.35 bits per heavy atom. The second-order valence-corrected chi connectivity index (χ2v) is 5.53. The van der Waals surface area contributed by atoms with Gasteiger partial charge in [-0.25, -0.2) is 9.18 Å². The predicted molar refractivity (Wildman–Crippen MR) is 76.7 cm³/mol. The van der Waals surface area contributed by atoms with Crippen molar-refractivity contribution in [3.05, 3.63) is 28.5 Å². The van der Waals surface area contributed by atoms with Crippen LogP contribution in [0.5, 0.6) is 0 Å². The molecule has 0 radical (unpaired) electrons. The standard InChI is InChI=1S/C14H18ClFN2O2/c1-9-5-13(11(15)6-12(9)16)17-14(19)18(2)7-10-3-4-20-8-10/h5-6,10H,3-4,7-8H2,1-2H3,(H,17,19)/t10-/m1/s1. The van der Waals surface area contributed by atoms with E-state index in [0.717, 1.165) is 13.0 Å². The minimum absolute atomic E-state index is 0.194. The molecule has 1 N–H and O–H groups in total. The van der Waals surface area contributed by atoms with E-state index < -0.39 is 0 Å². The minimum Gasteiger partial charge on any atom is -0.381 e. The Hall–Kier alpha value is -1.33. The van der Waals surface area contributed by atoms with E-state index in [1.165, 1.54) is 12.1 Å². The van der Waals surface area contributed by atoms with Crippen LogP contribution in [0.25, 0.3) is 0 Å². The number of hydrogen-bond donors (Lipinski definition) is 1. The normalized spacial score (nSPS) is 18.1. The van der Waals surface area contributed by atoms with E-state index >= 15 is 0 Å². The molecule has 1 aliphatic heterocycles. The number of hydrogen-bond acceptors (Lipinski definition) is 2. The summed E-state index contributed by atoms with van der Waals surface area (Å²) in [5.74, 6) is -0.0133. The zero-order valence-electron chi connectivity index (χ0n) is 11.6. The number of anilines is 1. The Kier molecular flexibility index (Phi) is 4.83. The highest BCUT2D eigenvalue weighted by atomic mass is 35.5. The summed E-state index contributed by atoms with van der Waals surface area (Å²) in [6, 6.07) is 2.48. The number of nitrogens with zero attached hydrogens (tertiary/aromatic N) is 1. The van der Waals surface area contributed by atoms with E-state index in [-0.39, 0.29) is 16.9 Å². The molecular weight excluding hydrogens is 283 g/mol. The number of aryl methyl sites for hydroxylation is 1. The van der Waals surface area contributed by atoms with E-state index in [2.05, 4.69) is 5.32 Å². The van der Waals surface area contributed by atoms with Gasteiger partial charge in [-0.2, -0.15) is 0 Å². The number of carbonyl (C=O) groups is 1. The Balaban J connectivity index is 1.98. The topological polar surface area (TPSA) is 41.6 Å². The quantitative estimate of drug-likeness (QED) is 0.930. The number of halogens is 2. The van der Waals surface area contributed by atoms with Crippen LogP contribution in [0.1, 0.15) is 12.0 Å². The molecule has 0 aliphatic carbocycles. The summed E-state index contributed by atoms with van der Waals surface area (Å²) in [4.78, 5) is 13.7. The van der Waals surface area contributed by atoms with Crippen molar-refractivity contribution in [3.63, 3.8) is 0 Å². The van der Waals surface area contributed by atoms with Gasteiger partial charge in [0.1, 0.15) is 5.82 Å². The van der Waals surface area contributed by atoms with Crippen molar-refractivity contribution in [2.24, 2.45) is 5.92 Å². The maximum absolute atomic E-state index is 13.3. The van der Waals surface area contributed by atoms with Crippen molar-refractivity contribution in [2.45, 2.75) is 13.3 Å². The van der Waals surface area contributed by atoms with Gasteiger partial charge in [-0.05, 0) is 31.0 Å². The van der Waals surface area contributed by atoms with Crippen LogP contribution in [-0.2, 0) is 4.74 Å². The Labute approximate surface area is 122 Å². The van der Waals surface area contributed by atoms with Gasteiger partial charge in [0.15, 0.2) is 0 Å². The lowest BCUT2D eigenvalue weighted by molar-refractivity contribution is 0.175. The highest BCUT2D eigenvalue weighted by Gasteiger charge is 2.20. The van der Waals surface area contributed by atoms with Crippen molar-refractivity contribution < 1.29 is 13.9 Å². The Morgan fingerprint density at radius 1 is 1.60 bits per heavy atom. The number of benzene rings is 1. The smallest absolute Gasteiger partial charge is 0.321 e. The molecule has 0 unspecified atom stereocenters. The summed E-state index contributed by atoms with van der Waals surface area (Å²) in [7, 11) is 1.72. The summed E-state index contributed by atoms with van der Waals surface area (Å²) in [6.07, 6.45) is 0.966. The van der Waals surface area contributed by atoms with E-state index in [4.69, 9.17) is 16.3 Å². The second kappa shape index (κ2) is 6.41. The summed E-state index contributed by atoms with van der Waals surface area (Å²) >= 11 is 5.93. The molecule has 0 aromatic heterocycles. The molecule has 1 saturated heterocycles. The van der Waals surface area contributed by atoms with Crippen LogP contribution in [0.4, 0.5) is 14.9 Å². The van der Waals surface area contributed by atoms with Gasteiger partial charge in [-0.1, -0.05) is 11.6 Å². The first kappa shape index (κ1) is 15.1. The zero-order chi connectivity index (χ0) is 14.7. The fourth-order valence-corrected chi connectivity index (χ4v) is 2.36. The monoisotopic (exact) mass is 300 g/mol. The highest BCUT2D eigenvalue weighted by Crippen LogP contribution is 2.25. The molecule has 1 aromatic carbocycles. The van der Waals surface area contributed by atoms with Crippen LogP contribution in [0.3, 0.4) is 0 Å². The van der Waals surface area contributed by atoms with Crippen LogP contribution in [0.15, 0.2) is 12.1 Å². The van der Waals surface area contributed by atoms with Crippen molar-refractivity contribution in [3.8, 4) is 0 Å². The average molecular weight is 301 g/mol. The van der Waals surface area contributed by atoms with E-state index in [0.29, 0.717) is 30.3 Å². The molecule has 0 saturated carbocycles. The predicted octanol–water partition coefficient (Wildman–Crippen LogP) is 3.29. The van der Waals surface area contributed by atoms with Gasteiger partial charge in [-0.3, -0.25) is 0 Å². The van der Waals surface area contributed by atoms with Crippen molar-refractivity contribution in [2.75, 3.05) is 32.1 Å². The fraction of sp³-hybridized carbons (Fsp3) is 0.500. The van der Waals surface area contributed by atoms with Gasteiger partial charge < -0.3 is 15.0 Å². The number of rotatable bonds is 3. The molecule has 6 heteroatoms. The minimum atomic E-state index is -0.385. The molecule has 110 valence electrons. The molecule has 1 heterocycles. The first-order valence-electron chi connectivity index (χ1n) is 6.53. The SMILES string of the molecule is Cc1cc(NC(=O)N(C)C[C@H]2CCOC2)c(Cl)cc1F. The third-order valence-corrected chi connectivity index (χ3v) is 3.71. The molecule has 1 aliphatic rings. The Bertz CT molecular complexity index is 504. The zero-order valence-corrected chi connectivity index (χ0v) is 12.3. The van der Waals surface area contributed by atoms with Crippen LogP contribution < -0.4 is 5.32 Å². The highest BCUT2D eigenvalue weighted by molar-refractivity contribution is 6.33. The van der Waals surface area contributed by atoms with Crippen LogP contribution in [-0.4, -0.2) is 37.7 Å². The lowest BCUT2D eigenvalue weighted by Crippen LogP contribution is -2.35. The number of urea groups is 1. The van der Waals surface area contributed by atoms with Crippen molar-refractivity contribution in [1.82, 2.24) is 4.90 Å². The molecule has 4 nitrogen and oxygen atoms in total. The lowest BCUT2D eigenvalue weighted by Gasteiger charge is -2.21.